The fourth-order valence-corrected chi connectivity index (χ4v) is 4.24. The number of nitrogens with one attached hydrogen (secondary N) is 4. The monoisotopic (exact) mass is 648 g/mol. The molecule has 4 aromatic rings. The summed E-state index contributed by atoms with van der Waals surface area (Å²) in [6, 6.07) is 15.6. The lowest BCUT2D eigenvalue weighted by atomic mass is 10.2. The van der Waals surface area contributed by atoms with Crippen LogP contribution in [0.15, 0.2) is 90.0 Å². The number of urea groups is 1. The van der Waals surface area contributed by atoms with Crippen LogP contribution in [0.3, 0.4) is 0 Å². The van der Waals surface area contributed by atoms with Crippen LogP contribution in [0.1, 0.15) is 26.4 Å². The molecule has 0 radical (unpaired) electrons. The van der Waals surface area contributed by atoms with E-state index in [1.165, 1.54) is 60.8 Å². The zero-order chi connectivity index (χ0) is 32.1. The van der Waals surface area contributed by atoms with Gasteiger partial charge in [-0.05, 0) is 72.8 Å². The van der Waals surface area contributed by atoms with Crippen molar-refractivity contribution in [3.63, 3.8) is 0 Å². The number of sulfonamides is 1. The molecule has 0 aliphatic heterocycles. The fraction of sp³-hybridized carbons (Fsp3) is 0.0370. The molecule has 228 valence electrons. The number of alkyl halides is 3. The predicted octanol–water partition coefficient (Wildman–Crippen LogP) is 4.91. The molecule has 1 heterocycles. The van der Waals surface area contributed by atoms with Gasteiger partial charge in [-0.3, -0.25) is 25.4 Å². The van der Waals surface area contributed by atoms with Gasteiger partial charge in [0, 0.05) is 29.2 Å². The van der Waals surface area contributed by atoms with E-state index in [4.69, 9.17) is 21.5 Å². The van der Waals surface area contributed by atoms with Crippen LogP contribution in [0, 0.1) is 0 Å². The maximum atomic E-state index is 13.0. The van der Waals surface area contributed by atoms with Crippen molar-refractivity contribution in [1.29, 1.82) is 0 Å². The molecule has 44 heavy (non-hydrogen) atoms. The Morgan fingerprint density at radius 3 is 2.05 bits per heavy atom. The minimum atomic E-state index is -4.69. The van der Waals surface area contributed by atoms with E-state index in [2.05, 4.69) is 26.5 Å². The number of rotatable bonds is 7. The summed E-state index contributed by atoms with van der Waals surface area (Å²) in [5.74, 6) is -0.999. The van der Waals surface area contributed by atoms with Crippen LogP contribution in [-0.2, 0) is 16.2 Å². The molecule has 4 rings (SSSR count). The molecule has 4 amide bonds. The summed E-state index contributed by atoms with van der Waals surface area (Å²) in [6.45, 7) is 0. The number of hydrazine groups is 1. The third kappa shape index (κ3) is 8.43. The van der Waals surface area contributed by atoms with E-state index in [0.717, 1.165) is 18.2 Å². The Kier molecular flexibility index (Phi) is 9.37. The van der Waals surface area contributed by atoms with E-state index in [0.29, 0.717) is 17.5 Å². The Balaban J connectivity index is 1.31. The predicted molar refractivity (Wildman–Crippen MR) is 153 cm³/mol. The summed E-state index contributed by atoms with van der Waals surface area (Å²) < 4.78 is 67.5. The summed E-state index contributed by atoms with van der Waals surface area (Å²) in [7, 11) is -3.93. The molecule has 12 nitrogen and oxygen atoms in total. The first-order valence-corrected chi connectivity index (χ1v) is 14.0. The number of hydrogen-bond acceptors (Lipinski definition) is 7. The minimum absolute atomic E-state index is 0.0544. The van der Waals surface area contributed by atoms with Gasteiger partial charge in [-0.1, -0.05) is 11.6 Å². The highest BCUT2D eigenvalue weighted by atomic mass is 35.5. The van der Waals surface area contributed by atoms with Gasteiger partial charge in [0.2, 0.25) is 10.0 Å². The molecule has 0 bridgehead atoms. The Bertz CT molecular complexity index is 1820. The zero-order valence-electron chi connectivity index (χ0n) is 22.0. The molecule has 0 aliphatic carbocycles. The first-order chi connectivity index (χ1) is 20.7. The van der Waals surface area contributed by atoms with Crippen molar-refractivity contribution in [3.05, 3.63) is 107 Å². The van der Waals surface area contributed by atoms with Crippen LogP contribution in [0.2, 0.25) is 5.02 Å². The summed E-state index contributed by atoms with van der Waals surface area (Å²) in [5, 5.41) is 9.29. The molecule has 0 saturated carbocycles. The Morgan fingerprint density at radius 2 is 1.41 bits per heavy atom. The van der Waals surface area contributed by atoms with E-state index in [1.807, 2.05) is 0 Å². The van der Waals surface area contributed by atoms with Crippen molar-refractivity contribution < 1.29 is 40.7 Å². The molecule has 0 spiro atoms. The highest BCUT2D eigenvalue weighted by molar-refractivity contribution is 7.89. The molecule has 6 N–H and O–H groups in total. The quantitative estimate of drug-likeness (QED) is 0.176. The lowest BCUT2D eigenvalue weighted by Crippen LogP contribution is -2.41. The number of pyridine rings is 1. The number of anilines is 2. The van der Waals surface area contributed by atoms with Crippen molar-refractivity contribution in [1.82, 2.24) is 15.8 Å². The number of hydrogen-bond donors (Lipinski definition) is 5. The summed E-state index contributed by atoms with van der Waals surface area (Å²) in [5.41, 5.74) is 3.39. The number of nitrogens with two attached hydrogens (primary N) is 1. The average Bonchev–Trinajstić information content (AvgIpc) is 2.97. The van der Waals surface area contributed by atoms with E-state index in [9.17, 15) is 36.0 Å². The maximum Gasteiger partial charge on any atom is 0.417 e. The number of carbonyl (C=O) groups excluding carboxylic acids is 3. The molecule has 0 atom stereocenters. The van der Waals surface area contributed by atoms with E-state index >= 15 is 0 Å². The van der Waals surface area contributed by atoms with Gasteiger partial charge in [-0.25, -0.2) is 18.4 Å². The van der Waals surface area contributed by atoms with Crippen LogP contribution in [-0.4, -0.2) is 31.2 Å². The van der Waals surface area contributed by atoms with Crippen molar-refractivity contribution in [2.24, 2.45) is 5.14 Å². The van der Waals surface area contributed by atoms with Gasteiger partial charge in [0.05, 0.1) is 15.5 Å². The van der Waals surface area contributed by atoms with Gasteiger partial charge in [-0.2, -0.15) is 13.2 Å². The summed E-state index contributed by atoms with van der Waals surface area (Å²) >= 11 is 5.59. The number of ether oxygens (including phenoxy) is 1. The van der Waals surface area contributed by atoms with Gasteiger partial charge >= 0.3 is 12.2 Å². The van der Waals surface area contributed by atoms with Crippen molar-refractivity contribution >= 4 is 50.8 Å². The van der Waals surface area contributed by atoms with Crippen LogP contribution in [0.25, 0.3) is 0 Å². The number of nitrogens with zero attached hydrogens (tertiary/aromatic N) is 1. The first kappa shape index (κ1) is 31.7. The van der Waals surface area contributed by atoms with E-state index < -0.39 is 44.6 Å². The second-order valence-electron chi connectivity index (χ2n) is 8.75. The fourth-order valence-electron chi connectivity index (χ4n) is 3.50. The van der Waals surface area contributed by atoms with Crippen LogP contribution in [0.4, 0.5) is 29.3 Å². The van der Waals surface area contributed by atoms with E-state index in [-0.39, 0.29) is 27.6 Å². The van der Waals surface area contributed by atoms with Gasteiger partial charge in [0.1, 0.15) is 17.2 Å². The Hall–Kier alpha value is -5.19. The maximum absolute atomic E-state index is 13.0. The van der Waals surface area contributed by atoms with Crippen molar-refractivity contribution in [3.8, 4) is 11.5 Å². The van der Waals surface area contributed by atoms with Gasteiger partial charge in [0.15, 0.2) is 0 Å². The lowest BCUT2D eigenvalue weighted by Gasteiger charge is -2.13. The topological polar surface area (TPSA) is 182 Å². The second kappa shape index (κ2) is 13.0. The molecule has 0 unspecified atom stereocenters. The van der Waals surface area contributed by atoms with Gasteiger partial charge < -0.3 is 15.4 Å². The van der Waals surface area contributed by atoms with Crippen LogP contribution in [0.5, 0.6) is 11.5 Å². The smallest absolute Gasteiger partial charge is 0.417 e. The lowest BCUT2D eigenvalue weighted by molar-refractivity contribution is -0.137. The number of aromatic nitrogens is 1. The zero-order valence-corrected chi connectivity index (χ0v) is 23.5. The summed E-state index contributed by atoms with van der Waals surface area (Å²) in [4.78, 5) is 40.8. The van der Waals surface area contributed by atoms with Crippen LogP contribution < -0.4 is 31.4 Å². The normalized spacial score (nSPS) is 11.3. The highest BCUT2D eigenvalue weighted by Crippen LogP contribution is 2.36. The van der Waals surface area contributed by atoms with Crippen molar-refractivity contribution in [2.75, 3.05) is 10.6 Å². The number of carbonyl (C=O) groups is 3. The third-order valence-corrected chi connectivity index (χ3v) is 6.83. The molecule has 1 aromatic heterocycles. The SMILES string of the molecule is NS(=O)(=O)c1ccc(C(=O)NNC(=O)c2cc(Oc3ccc(NC(=O)Nc4ccc(Cl)c(C(F)(F)F)c4)cc3)ccn2)cc1. The first-order valence-electron chi connectivity index (χ1n) is 12.1. The van der Waals surface area contributed by atoms with Crippen LogP contribution >= 0.6 is 11.6 Å². The highest BCUT2D eigenvalue weighted by Gasteiger charge is 2.33. The standard InChI is InChI=1S/C27H20ClF3N6O6S/c28-22-10-5-17(13-21(22)27(29,30)31)35-26(40)34-16-3-6-18(7-4-16)43-19-11-12-33-23(14-19)25(39)37-36-24(38)15-1-8-20(9-2-15)44(32,41)42/h1-14H,(H,36,38)(H,37,39)(H2,32,41,42)(H2,34,35,40). The molecule has 0 fully saturated rings. The minimum Gasteiger partial charge on any atom is -0.457 e. The molecular formula is C27H20ClF3N6O6S. The number of primary sulfonamides is 1. The summed E-state index contributed by atoms with van der Waals surface area (Å²) in [6.07, 6.45) is -3.40. The molecule has 3 aromatic carbocycles. The molecular weight excluding hydrogens is 629 g/mol. The average molecular weight is 649 g/mol. The van der Waals surface area contributed by atoms with E-state index in [1.54, 1.807) is 0 Å². The van der Waals surface area contributed by atoms with Gasteiger partial charge in [0.25, 0.3) is 11.8 Å². The Morgan fingerprint density at radius 1 is 0.795 bits per heavy atom. The molecule has 0 saturated heterocycles. The molecule has 0 aliphatic rings. The largest absolute Gasteiger partial charge is 0.457 e. The van der Waals surface area contributed by atoms with Gasteiger partial charge in [-0.15, -0.1) is 0 Å². The number of benzene rings is 3. The second-order valence-corrected chi connectivity index (χ2v) is 10.7. The third-order valence-electron chi connectivity index (χ3n) is 5.58. The number of halogens is 4. The molecule has 17 heteroatoms. The Labute approximate surface area is 252 Å². The number of amides is 4. The van der Waals surface area contributed by atoms with Crippen molar-refractivity contribution in [2.45, 2.75) is 11.1 Å².